The van der Waals surface area contributed by atoms with E-state index in [2.05, 4.69) is 0 Å². The first-order valence-electron chi connectivity index (χ1n) is 3.87. The molecule has 13 heavy (non-hydrogen) atoms. The van der Waals surface area contributed by atoms with Gasteiger partial charge in [-0.3, -0.25) is 0 Å². The van der Waals surface area contributed by atoms with Gasteiger partial charge in [-0.1, -0.05) is 35.3 Å². The maximum atomic E-state index is 5.72. The summed E-state index contributed by atoms with van der Waals surface area (Å²) in [5.41, 5.74) is 1.07. The van der Waals surface area contributed by atoms with Crippen molar-refractivity contribution in [2.75, 3.05) is 0 Å². The monoisotopic (exact) mass is 216 g/mol. The Balaban J connectivity index is 2.46. The average molecular weight is 217 g/mol. The summed E-state index contributed by atoms with van der Waals surface area (Å²) in [4.78, 5) is 0. The van der Waals surface area contributed by atoms with Crippen LogP contribution in [0.4, 0.5) is 0 Å². The first-order chi connectivity index (χ1) is 6.18. The van der Waals surface area contributed by atoms with E-state index in [1.54, 1.807) is 6.92 Å². The predicted octanol–water partition coefficient (Wildman–Crippen LogP) is 3.96. The Labute approximate surface area is 87.9 Å². The quantitative estimate of drug-likeness (QED) is 0.696. The van der Waals surface area contributed by atoms with E-state index in [9.17, 15) is 0 Å². The molecule has 70 valence electrons. The third-order valence-corrected chi connectivity index (χ3v) is 1.75. The third kappa shape index (κ3) is 4.20. The van der Waals surface area contributed by atoms with E-state index in [0.29, 0.717) is 11.6 Å². The van der Waals surface area contributed by atoms with Gasteiger partial charge in [-0.2, -0.15) is 0 Å². The summed E-state index contributed by atoms with van der Waals surface area (Å²) in [7, 11) is 0. The molecule has 0 amide bonds. The molecule has 0 bridgehead atoms. The Morgan fingerprint density at radius 1 is 1.38 bits per heavy atom. The van der Waals surface area contributed by atoms with Crippen LogP contribution in [0.25, 0.3) is 0 Å². The highest BCUT2D eigenvalue weighted by molar-refractivity contribution is 6.30. The summed E-state index contributed by atoms with van der Waals surface area (Å²) in [6.07, 6.45) is 1.52. The predicted molar refractivity (Wildman–Crippen MR) is 55.9 cm³/mol. The molecule has 0 saturated heterocycles. The Kier molecular flexibility index (Phi) is 4.13. The van der Waals surface area contributed by atoms with Crippen molar-refractivity contribution in [2.24, 2.45) is 0 Å². The lowest BCUT2D eigenvalue weighted by molar-refractivity contribution is 0.235. The first kappa shape index (κ1) is 10.4. The molecule has 0 aliphatic carbocycles. The van der Waals surface area contributed by atoms with Gasteiger partial charge >= 0.3 is 0 Å². The van der Waals surface area contributed by atoms with Gasteiger partial charge in [0.15, 0.2) is 0 Å². The van der Waals surface area contributed by atoms with Crippen LogP contribution in [0.1, 0.15) is 12.5 Å². The average Bonchev–Trinajstić information content (AvgIpc) is 2.08. The van der Waals surface area contributed by atoms with Crippen molar-refractivity contribution in [1.82, 2.24) is 0 Å². The van der Waals surface area contributed by atoms with Gasteiger partial charge in [0.2, 0.25) is 0 Å². The van der Waals surface area contributed by atoms with Gasteiger partial charge < -0.3 is 4.74 Å². The number of halogens is 2. The lowest BCUT2D eigenvalue weighted by atomic mass is 10.2. The Hall–Kier alpha value is -0.660. The normalized spacial score (nSPS) is 11.5. The largest absolute Gasteiger partial charge is 0.495 e. The van der Waals surface area contributed by atoms with Crippen molar-refractivity contribution >= 4 is 23.2 Å². The van der Waals surface area contributed by atoms with Crippen LogP contribution in [0, 0.1) is 0 Å². The molecule has 3 heteroatoms. The van der Waals surface area contributed by atoms with Gasteiger partial charge in [-0.25, -0.2) is 0 Å². The van der Waals surface area contributed by atoms with Crippen LogP contribution in [0.5, 0.6) is 0 Å². The second-order valence-corrected chi connectivity index (χ2v) is 3.67. The van der Waals surface area contributed by atoms with Crippen LogP contribution in [-0.2, 0) is 11.3 Å². The summed E-state index contributed by atoms with van der Waals surface area (Å²) in [6, 6.07) is 7.49. The maximum Gasteiger partial charge on any atom is 0.112 e. The van der Waals surface area contributed by atoms with Crippen molar-refractivity contribution < 1.29 is 4.74 Å². The van der Waals surface area contributed by atoms with Crippen LogP contribution in [-0.4, -0.2) is 0 Å². The number of hydrogen-bond acceptors (Lipinski definition) is 1. The van der Waals surface area contributed by atoms with Gasteiger partial charge in [0.05, 0.1) is 6.26 Å². The minimum Gasteiger partial charge on any atom is -0.495 e. The molecule has 1 aromatic rings. The van der Waals surface area contributed by atoms with Gasteiger partial charge in [0.1, 0.15) is 6.61 Å². The Morgan fingerprint density at radius 3 is 2.54 bits per heavy atom. The van der Waals surface area contributed by atoms with E-state index >= 15 is 0 Å². The fourth-order valence-corrected chi connectivity index (χ4v) is 1.02. The minimum absolute atomic E-state index is 0.515. The van der Waals surface area contributed by atoms with Crippen molar-refractivity contribution in [1.29, 1.82) is 0 Å². The van der Waals surface area contributed by atoms with Crippen molar-refractivity contribution in [3.05, 3.63) is 46.1 Å². The highest BCUT2D eigenvalue weighted by atomic mass is 35.5. The minimum atomic E-state index is 0.515. The SMILES string of the molecule is CC(Cl)=COCc1ccc(Cl)cc1. The van der Waals surface area contributed by atoms with E-state index in [0.717, 1.165) is 10.6 Å². The van der Waals surface area contributed by atoms with Gasteiger partial charge in [0.25, 0.3) is 0 Å². The molecule has 0 aliphatic rings. The van der Waals surface area contributed by atoms with Crippen molar-refractivity contribution in [2.45, 2.75) is 13.5 Å². The van der Waals surface area contributed by atoms with Gasteiger partial charge in [-0.05, 0) is 24.6 Å². The molecule has 0 unspecified atom stereocenters. The number of allylic oxidation sites excluding steroid dienone is 1. The highest BCUT2D eigenvalue weighted by Gasteiger charge is 1.91. The fraction of sp³-hybridized carbons (Fsp3) is 0.200. The molecule has 0 aromatic heterocycles. The molecule has 0 saturated carbocycles. The zero-order valence-electron chi connectivity index (χ0n) is 7.26. The van der Waals surface area contributed by atoms with Crippen LogP contribution in [0.3, 0.4) is 0 Å². The van der Waals surface area contributed by atoms with E-state index in [1.165, 1.54) is 6.26 Å². The Bertz CT molecular complexity index is 286. The topological polar surface area (TPSA) is 9.23 Å². The molecular formula is C10H10Cl2O. The molecule has 1 aromatic carbocycles. The van der Waals surface area contributed by atoms with Gasteiger partial charge in [0, 0.05) is 10.1 Å². The smallest absolute Gasteiger partial charge is 0.112 e. The number of rotatable bonds is 3. The van der Waals surface area contributed by atoms with Crippen LogP contribution < -0.4 is 0 Å². The van der Waals surface area contributed by atoms with Gasteiger partial charge in [-0.15, -0.1) is 0 Å². The van der Waals surface area contributed by atoms with Crippen molar-refractivity contribution in [3.8, 4) is 0 Å². The maximum absolute atomic E-state index is 5.72. The molecule has 0 N–H and O–H groups in total. The van der Waals surface area contributed by atoms with Crippen LogP contribution in [0.2, 0.25) is 5.02 Å². The second kappa shape index (κ2) is 5.15. The highest BCUT2D eigenvalue weighted by Crippen LogP contribution is 2.10. The van der Waals surface area contributed by atoms with E-state index in [4.69, 9.17) is 27.9 Å². The number of hydrogen-bond donors (Lipinski definition) is 0. The Morgan fingerprint density at radius 2 is 2.00 bits per heavy atom. The zero-order chi connectivity index (χ0) is 9.68. The van der Waals surface area contributed by atoms with Crippen LogP contribution >= 0.6 is 23.2 Å². The number of ether oxygens (including phenoxy) is 1. The molecular weight excluding hydrogens is 207 g/mol. The van der Waals surface area contributed by atoms with E-state index in [-0.39, 0.29) is 0 Å². The summed E-state index contributed by atoms with van der Waals surface area (Å²) in [5, 5.41) is 1.36. The molecule has 0 heterocycles. The molecule has 0 spiro atoms. The summed E-state index contributed by atoms with van der Waals surface area (Å²) in [6.45, 7) is 2.28. The molecule has 1 rings (SSSR count). The van der Waals surface area contributed by atoms with Crippen molar-refractivity contribution in [3.63, 3.8) is 0 Å². The molecule has 1 nitrogen and oxygen atoms in total. The lowest BCUT2D eigenvalue weighted by Crippen LogP contribution is -1.85. The lowest BCUT2D eigenvalue weighted by Gasteiger charge is -2.01. The van der Waals surface area contributed by atoms with Crippen LogP contribution in [0.15, 0.2) is 35.6 Å². The van der Waals surface area contributed by atoms with E-state index < -0.39 is 0 Å². The molecule has 0 radical (unpaired) electrons. The molecule has 0 fully saturated rings. The summed E-state index contributed by atoms with van der Waals surface area (Å²) in [5.74, 6) is 0. The molecule has 0 aliphatic heterocycles. The molecule has 0 atom stereocenters. The summed E-state index contributed by atoms with van der Waals surface area (Å²) >= 11 is 11.3. The zero-order valence-corrected chi connectivity index (χ0v) is 8.77. The summed E-state index contributed by atoms with van der Waals surface area (Å²) < 4.78 is 5.18. The second-order valence-electron chi connectivity index (χ2n) is 2.64. The van der Waals surface area contributed by atoms with E-state index in [1.807, 2.05) is 24.3 Å². The number of benzene rings is 1. The fourth-order valence-electron chi connectivity index (χ4n) is 0.833. The first-order valence-corrected chi connectivity index (χ1v) is 4.62. The third-order valence-electron chi connectivity index (χ3n) is 1.41. The standard InChI is InChI=1S/C10H10Cl2O/c1-8(11)6-13-7-9-2-4-10(12)5-3-9/h2-6H,7H2,1H3.